The zero-order chi connectivity index (χ0) is 16.4. The quantitative estimate of drug-likeness (QED) is 0.882. The molecular formula is C17H21ClN2O3. The minimum Gasteiger partial charge on any atom is -0.377 e. The van der Waals surface area contributed by atoms with E-state index in [2.05, 4.69) is 9.88 Å². The highest BCUT2D eigenvalue weighted by Gasteiger charge is 2.25. The van der Waals surface area contributed by atoms with Gasteiger partial charge in [-0.2, -0.15) is 0 Å². The molecule has 124 valence electrons. The van der Waals surface area contributed by atoms with Gasteiger partial charge in [-0.05, 0) is 26.0 Å². The number of benzene rings is 1. The third kappa shape index (κ3) is 3.22. The highest BCUT2D eigenvalue weighted by Crippen LogP contribution is 2.32. The van der Waals surface area contributed by atoms with Crippen LogP contribution in [0.1, 0.15) is 30.2 Å². The maximum atomic E-state index is 12.6. The van der Waals surface area contributed by atoms with E-state index in [1.165, 1.54) is 0 Å². The van der Waals surface area contributed by atoms with Crippen LogP contribution in [-0.2, 0) is 9.47 Å². The molecule has 0 spiro atoms. The zero-order valence-electron chi connectivity index (χ0n) is 13.3. The van der Waals surface area contributed by atoms with Gasteiger partial charge in [-0.1, -0.05) is 17.7 Å². The summed E-state index contributed by atoms with van der Waals surface area (Å²) in [6, 6.07) is 5.96. The molecule has 3 rings (SSSR count). The van der Waals surface area contributed by atoms with Gasteiger partial charge in [-0.3, -0.25) is 4.79 Å². The van der Waals surface area contributed by atoms with Crippen molar-refractivity contribution in [1.29, 1.82) is 0 Å². The normalized spacial score (nSPS) is 16.3. The van der Waals surface area contributed by atoms with Crippen molar-refractivity contribution in [2.24, 2.45) is 0 Å². The number of fused-ring (bicyclic) bond motifs is 1. The highest BCUT2D eigenvalue weighted by molar-refractivity contribution is 6.36. The Hall–Kier alpha value is -1.56. The number of rotatable bonds is 6. The molecule has 1 fully saturated rings. The van der Waals surface area contributed by atoms with Gasteiger partial charge in [0.05, 0.1) is 41.5 Å². The summed E-state index contributed by atoms with van der Waals surface area (Å²) in [4.78, 5) is 12.6. The molecule has 0 aliphatic carbocycles. The van der Waals surface area contributed by atoms with E-state index in [1.54, 1.807) is 0 Å². The van der Waals surface area contributed by atoms with Crippen molar-refractivity contribution in [2.75, 3.05) is 26.4 Å². The second-order valence-corrected chi connectivity index (χ2v) is 6.16. The van der Waals surface area contributed by atoms with Crippen LogP contribution in [0.25, 0.3) is 10.9 Å². The molecule has 2 heterocycles. The van der Waals surface area contributed by atoms with Crippen LogP contribution in [-0.4, -0.2) is 42.9 Å². The Morgan fingerprint density at radius 2 is 2.30 bits per heavy atom. The second kappa shape index (κ2) is 6.91. The number of carbonyl (C=O) groups is 1. The number of nitrogens with one attached hydrogen (secondary N) is 1. The Kier molecular flexibility index (Phi) is 4.90. The van der Waals surface area contributed by atoms with E-state index in [0.717, 1.165) is 10.9 Å². The van der Waals surface area contributed by atoms with Gasteiger partial charge in [0.2, 0.25) is 0 Å². The average Bonchev–Trinajstić information content (AvgIpc) is 2.84. The summed E-state index contributed by atoms with van der Waals surface area (Å²) in [5.74, 6) is -0.131. The van der Waals surface area contributed by atoms with Crippen molar-refractivity contribution < 1.29 is 14.3 Å². The molecule has 1 aromatic heterocycles. The summed E-state index contributed by atoms with van der Waals surface area (Å²) < 4.78 is 12.8. The van der Waals surface area contributed by atoms with Gasteiger partial charge < -0.3 is 19.4 Å². The summed E-state index contributed by atoms with van der Waals surface area (Å²) in [5, 5.41) is 4.31. The van der Waals surface area contributed by atoms with E-state index >= 15 is 0 Å². The molecule has 1 saturated heterocycles. The van der Waals surface area contributed by atoms with E-state index in [9.17, 15) is 4.79 Å². The molecule has 1 unspecified atom stereocenters. The number of halogens is 1. The van der Waals surface area contributed by atoms with Crippen molar-refractivity contribution >= 4 is 28.4 Å². The van der Waals surface area contributed by atoms with Crippen molar-refractivity contribution in [2.45, 2.75) is 26.0 Å². The van der Waals surface area contributed by atoms with E-state index in [1.807, 2.05) is 38.2 Å². The van der Waals surface area contributed by atoms with E-state index in [0.29, 0.717) is 37.0 Å². The number of carbonyl (C=O) groups excluding carboxylic acids is 1. The number of aromatic nitrogens is 1. The van der Waals surface area contributed by atoms with Crippen molar-refractivity contribution in [3.05, 3.63) is 35.0 Å². The topological polar surface area (TPSA) is 52.5 Å². The van der Waals surface area contributed by atoms with Gasteiger partial charge in [0, 0.05) is 24.7 Å². The van der Waals surface area contributed by atoms with Crippen molar-refractivity contribution in [3.8, 4) is 0 Å². The third-order valence-electron chi connectivity index (χ3n) is 4.07. The smallest absolute Gasteiger partial charge is 0.253 e. The fraction of sp³-hybridized carbons (Fsp3) is 0.471. The molecule has 0 saturated carbocycles. The summed E-state index contributed by atoms with van der Waals surface area (Å²) in [7, 11) is 0. The number of amides is 1. The molecular weight excluding hydrogens is 316 g/mol. The molecule has 1 aliphatic rings. The largest absolute Gasteiger partial charge is 0.377 e. The Morgan fingerprint density at radius 3 is 2.96 bits per heavy atom. The Morgan fingerprint density at radius 1 is 1.52 bits per heavy atom. The molecule has 1 atom stereocenters. The molecule has 1 N–H and O–H groups in total. The molecule has 0 radical (unpaired) electrons. The van der Waals surface area contributed by atoms with Gasteiger partial charge in [0.1, 0.15) is 0 Å². The lowest BCUT2D eigenvalue weighted by atomic mass is 10.1. The molecule has 5 nitrogen and oxygen atoms in total. The number of hydrogen-bond donors (Lipinski definition) is 1. The van der Waals surface area contributed by atoms with E-state index in [-0.39, 0.29) is 18.1 Å². The monoisotopic (exact) mass is 336 g/mol. The first kappa shape index (κ1) is 16.3. The Balaban J connectivity index is 1.89. The van der Waals surface area contributed by atoms with E-state index < -0.39 is 0 Å². The Labute approximate surface area is 140 Å². The standard InChI is InChI=1S/C17H21ClN2O3/c1-3-23-11(2)7-19-17(21)13-8-20(12-9-22-10-12)15-6-4-5-14(18)16(13)15/h4-6,8,11-12H,3,7,9-10H2,1-2H3,(H,19,21). The summed E-state index contributed by atoms with van der Waals surface area (Å²) in [6.07, 6.45) is 1.86. The van der Waals surface area contributed by atoms with Crippen LogP contribution < -0.4 is 5.32 Å². The molecule has 6 heteroatoms. The Bertz CT molecular complexity index is 709. The van der Waals surface area contributed by atoms with Gasteiger partial charge in [-0.25, -0.2) is 0 Å². The first-order chi connectivity index (χ1) is 11.1. The first-order valence-electron chi connectivity index (χ1n) is 7.88. The second-order valence-electron chi connectivity index (χ2n) is 5.75. The number of hydrogen-bond acceptors (Lipinski definition) is 3. The lowest BCUT2D eigenvalue weighted by molar-refractivity contribution is -0.0214. The minimum absolute atomic E-state index is 0.0206. The average molecular weight is 337 g/mol. The zero-order valence-corrected chi connectivity index (χ0v) is 14.1. The summed E-state index contributed by atoms with van der Waals surface area (Å²) >= 11 is 6.35. The molecule has 1 aromatic carbocycles. The number of ether oxygens (including phenoxy) is 2. The number of nitrogens with zero attached hydrogens (tertiary/aromatic N) is 1. The first-order valence-corrected chi connectivity index (χ1v) is 8.26. The lowest BCUT2D eigenvalue weighted by Crippen LogP contribution is -2.32. The van der Waals surface area contributed by atoms with Crippen molar-refractivity contribution in [3.63, 3.8) is 0 Å². The van der Waals surface area contributed by atoms with Gasteiger partial charge in [-0.15, -0.1) is 0 Å². The minimum atomic E-state index is -0.131. The van der Waals surface area contributed by atoms with Gasteiger partial charge in [0.15, 0.2) is 0 Å². The van der Waals surface area contributed by atoms with E-state index in [4.69, 9.17) is 21.1 Å². The molecule has 1 amide bonds. The molecule has 2 aromatic rings. The van der Waals surface area contributed by atoms with Crippen LogP contribution in [0, 0.1) is 0 Å². The lowest BCUT2D eigenvalue weighted by Gasteiger charge is -2.28. The highest BCUT2D eigenvalue weighted by atomic mass is 35.5. The molecule has 23 heavy (non-hydrogen) atoms. The molecule has 0 bridgehead atoms. The maximum absolute atomic E-state index is 12.6. The van der Waals surface area contributed by atoms with Crippen molar-refractivity contribution in [1.82, 2.24) is 9.88 Å². The van der Waals surface area contributed by atoms with Crippen LogP contribution in [0.5, 0.6) is 0 Å². The predicted molar refractivity (Wildman–Crippen MR) is 90.2 cm³/mol. The fourth-order valence-electron chi connectivity index (χ4n) is 2.80. The van der Waals surface area contributed by atoms with Gasteiger partial charge in [0.25, 0.3) is 5.91 Å². The fourth-order valence-corrected chi connectivity index (χ4v) is 3.07. The summed E-state index contributed by atoms with van der Waals surface area (Å²) in [6.45, 7) is 6.30. The molecule has 1 aliphatic heterocycles. The third-order valence-corrected chi connectivity index (χ3v) is 4.38. The maximum Gasteiger partial charge on any atom is 0.253 e. The van der Waals surface area contributed by atoms with Crippen LogP contribution >= 0.6 is 11.6 Å². The predicted octanol–water partition coefficient (Wildman–Crippen LogP) is 3.02. The van der Waals surface area contributed by atoms with Crippen LogP contribution in [0.15, 0.2) is 24.4 Å². The van der Waals surface area contributed by atoms with Gasteiger partial charge >= 0.3 is 0 Å². The summed E-state index contributed by atoms with van der Waals surface area (Å²) in [5.41, 5.74) is 1.56. The van der Waals surface area contributed by atoms with Crippen LogP contribution in [0.4, 0.5) is 0 Å². The van der Waals surface area contributed by atoms with Crippen LogP contribution in [0.3, 0.4) is 0 Å². The van der Waals surface area contributed by atoms with Crippen LogP contribution in [0.2, 0.25) is 5.02 Å². The SMILES string of the molecule is CCOC(C)CNC(=O)c1cn(C2COC2)c2cccc(Cl)c12.